The summed E-state index contributed by atoms with van der Waals surface area (Å²) < 4.78 is 10.4. The van der Waals surface area contributed by atoms with Crippen molar-refractivity contribution in [3.63, 3.8) is 0 Å². The molecule has 0 spiro atoms. The van der Waals surface area contributed by atoms with Crippen molar-refractivity contribution in [2.45, 2.75) is 20.3 Å². The van der Waals surface area contributed by atoms with Gasteiger partial charge < -0.3 is 15.2 Å². The molecule has 2 N–H and O–H groups in total. The van der Waals surface area contributed by atoms with Gasteiger partial charge in [-0.3, -0.25) is 14.5 Å². The third kappa shape index (κ3) is 4.19. The van der Waals surface area contributed by atoms with Crippen LogP contribution >= 0.6 is 0 Å². The molecule has 0 aliphatic heterocycles. The first-order valence-electron chi connectivity index (χ1n) is 6.67. The zero-order chi connectivity index (χ0) is 16.0. The van der Waals surface area contributed by atoms with E-state index in [0.29, 0.717) is 11.5 Å². The van der Waals surface area contributed by atoms with Crippen LogP contribution in [0.3, 0.4) is 0 Å². The molecule has 1 aromatic rings. The molecule has 116 valence electrons. The number of amides is 2. The molecule has 2 amide bonds. The fourth-order valence-corrected chi connectivity index (χ4v) is 2.06. The van der Waals surface area contributed by atoms with Crippen LogP contribution in [0.2, 0.25) is 0 Å². The molecular formula is C15H22N2O4. The van der Waals surface area contributed by atoms with Crippen LogP contribution in [0, 0.1) is 6.92 Å². The van der Waals surface area contributed by atoms with Crippen molar-refractivity contribution in [2.24, 2.45) is 5.73 Å². The van der Waals surface area contributed by atoms with E-state index >= 15 is 0 Å². The number of carbonyl (C=O) groups is 2. The van der Waals surface area contributed by atoms with E-state index in [4.69, 9.17) is 15.2 Å². The molecule has 0 aliphatic rings. The molecule has 0 fully saturated rings. The highest BCUT2D eigenvalue weighted by Gasteiger charge is 2.19. The van der Waals surface area contributed by atoms with E-state index in [0.717, 1.165) is 16.0 Å². The van der Waals surface area contributed by atoms with E-state index in [9.17, 15) is 9.59 Å². The van der Waals surface area contributed by atoms with Gasteiger partial charge in [-0.25, -0.2) is 0 Å². The van der Waals surface area contributed by atoms with Crippen LogP contribution in [-0.4, -0.2) is 44.0 Å². The van der Waals surface area contributed by atoms with Crippen molar-refractivity contribution >= 4 is 11.8 Å². The number of hydrogen-bond donors (Lipinski definition) is 1. The second-order valence-electron chi connectivity index (χ2n) is 4.66. The van der Waals surface area contributed by atoms with Gasteiger partial charge in [0.2, 0.25) is 11.8 Å². The molecule has 0 aromatic heterocycles. The molecule has 6 heteroatoms. The molecule has 0 radical (unpaired) electrons. The highest BCUT2D eigenvalue weighted by molar-refractivity contribution is 5.95. The predicted octanol–water partition coefficient (Wildman–Crippen LogP) is 0.889. The van der Waals surface area contributed by atoms with Gasteiger partial charge in [-0.1, -0.05) is 0 Å². The van der Waals surface area contributed by atoms with Gasteiger partial charge >= 0.3 is 0 Å². The molecule has 6 nitrogen and oxygen atoms in total. The van der Waals surface area contributed by atoms with E-state index in [1.165, 1.54) is 14.0 Å². The van der Waals surface area contributed by atoms with Gasteiger partial charge in [0, 0.05) is 20.0 Å². The number of hydrogen-bond acceptors (Lipinski definition) is 5. The van der Waals surface area contributed by atoms with Crippen molar-refractivity contribution in [1.82, 2.24) is 4.90 Å². The Morgan fingerprint density at radius 1 is 1.19 bits per heavy atom. The number of benzene rings is 1. The number of nitrogens with two attached hydrogens (primary N) is 1. The number of ether oxygens (including phenoxy) is 2. The minimum atomic E-state index is -0.302. The van der Waals surface area contributed by atoms with Crippen LogP contribution < -0.4 is 15.2 Å². The van der Waals surface area contributed by atoms with Crippen LogP contribution in [0.15, 0.2) is 12.1 Å². The van der Waals surface area contributed by atoms with Crippen molar-refractivity contribution < 1.29 is 19.1 Å². The van der Waals surface area contributed by atoms with E-state index in [1.807, 2.05) is 13.0 Å². The van der Waals surface area contributed by atoms with Gasteiger partial charge in [0.1, 0.15) is 0 Å². The van der Waals surface area contributed by atoms with Gasteiger partial charge in [-0.05, 0) is 30.2 Å². The highest BCUT2D eigenvalue weighted by Crippen LogP contribution is 2.30. The Labute approximate surface area is 124 Å². The topological polar surface area (TPSA) is 81.9 Å². The summed E-state index contributed by atoms with van der Waals surface area (Å²) >= 11 is 0. The standard InChI is InChI=1S/C15H22N2O4/c1-10-7-13(20-3)14(21-4)8-12(10)9-15(19)17(6-5-16)11(2)18/h7-8H,5-6,9,16H2,1-4H3. The first kappa shape index (κ1) is 17.0. The lowest BCUT2D eigenvalue weighted by atomic mass is 10.0. The lowest BCUT2D eigenvalue weighted by molar-refractivity contribution is -0.142. The third-order valence-corrected chi connectivity index (χ3v) is 3.22. The molecule has 0 unspecified atom stereocenters. The second-order valence-corrected chi connectivity index (χ2v) is 4.66. The number of rotatable bonds is 6. The maximum Gasteiger partial charge on any atom is 0.233 e. The lowest BCUT2D eigenvalue weighted by Crippen LogP contribution is -2.39. The quantitative estimate of drug-likeness (QED) is 0.842. The number of methoxy groups -OCH3 is 2. The lowest BCUT2D eigenvalue weighted by Gasteiger charge is -2.19. The zero-order valence-electron chi connectivity index (χ0n) is 12.9. The molecule has 21 heavy (non-hydrogen) atoms. The Bertz CT molecular complexity index is 529. The molecular weight excluding hydrogens is 272 g/mol. The van der Waals surface area contributed by atoms with Crippen molar-refractivity contribution in [3.05, 3.63) is 23.3 Å². The van der Waals surface area contributed by atoms with Gasteiger partial charge in [-0.2, -0.15) is 0 Å². The largest absolute Gasteiger partial charge is 0.493 e. The van der Waals surface area contributed by atoms with E-state index in [1.54, 1.807) is 13.2 Å². The minimum Gasteiger partial charge on any atom is -0.493 e. The number of nitrogens with zero attached hydrogens (tertiary/aromatic N) is 1. The number of imide groups is 1. The zero-order valence-corrected chi connectivity index (χ0v) is 12.9. The van der Waals surface area contributed by atoms with Crippen LogP contribution in [0.5, 0.6) is 11.5 Å². The van der Waals surface area contributed by atoms with Gasteiger partial charge in [0.15, 0.2) is 11.5 Å². The molecule has 1 aromatic carbocycles. The first-order valence-corrected chi connectivity index (χ1v) is 6.67. The van der Waals surface area contributed by atoms with Crippen LogP contribution in [-0.2, 0) is 16.0 Å². The van der Waals surface area contributed by atoms with Crippen LogP contribution in [0.4, 0.5) is 0 Å². The Hall–Kier alpha value is -2.08. The monoisotopic (exact) mass is 294 g/mol. The number of aryl methyl sites for hydroxylation is 1. The smallest absolute Gasteiger partial charge is 0.233 e. The Balaban J connectivity index is 3.01. The van der Waals surface area contributed by atoms with Crippen molar-refractivity contribution in [2.75, 3.05) is 27.3 Å². The maximum atomic E-state index is 12.2. The van der Waals surface area contributed by atoms with E-state index < -0.39 is 0 Å². The van der Waals surface area contributed by atoms with Crippen LogP contribution in [0.1, 0.15) is 18.1 Å². The average Bonchev–Trinajstić information content (AvgIpc) is 2.45. The number of carbonyl (C=O) groups excluding carboxylic acids is 2. The summed E-state index contributed by atoms with van der Waals surface area (Å²) in [7, 11) is 3.09. The van der Waals surface area contributed by atoms with Gasteiger partial charge in [0.25, 0.3) is 0 Å². The summed E-state index contributed by atoms with van der Waals surface area (Å²) in [4.78, 5) is 24.9. The Morgan fingerprint density at radius 3 is 2.24 bits per heavy atom. The summed E-state index contributed by atoms with van der Waals surface area (Å²) in [5.74, 6) is 0.586. The second kappa shape index (κ2) is 7.64. The van der Waals surface area contributed by atoms with E-state index in [-0.39, 0.29) is 31.3 Å². The van der Waals surface area contributed by atoms with Gasteiger partial charge in [0.05, 0.1) is 20.6 Å². The summed E-state index contributed by atoms with van der Waals surface area (Å²) in [6.45, 7) is 3.71. The van der Waals surface area contributed by atoms with Gasteiger partial charge in [-0.15, -0.1) is 0 Å². The molecule has 1 rings (SSSR count). The molecule has 0 saturated heterocycles. The first-order chi connectivity index (χ1) is 9.94. The van der Waals surface area contributed by atoms with E-state index in [2.05, 4.69) is 0 Å². The Morgan fingerprint density at radius 2 is 1.76 bits per heavy atom. The highest BCUT2D eigenvalue weighted by atomic mass is 16.5. The van der Waals surface area contributed by atoms with Crippen LogP contribution in [0.25, 0.3) is 0 Å². The average molecular weight is 294 g/mol. The summed E-state index contributed by atoms with van der Waals surface area (Å²) in [5, 5.41) is 0. The SMILES string of the molecule is COc1cc(C)c(CC(=O)N(CCN)C(C)=O)cc1OC. The predicted molar refractivity (Wildman–Crippen MR) is 79.4 cm³/mol. The third-order valence-electron chi connectivity index (χ3n) is 3.22. The summed E-state index contributed by atoms with van der Waals surface area (Å²) in [6, 6.07) is 3.56. The summed E-state index contributed by atoms with van der Waals surface area (Å²) in [6.07, 6.45) is 0.117. The normalized spacial score (nSPS) is 10.1. The van der Waals surface area contributed by atoms with Crippen molar-refractivity contribution in [1.29, 1.82) is 0 Å². The molecule has 0 aliphatic carbocycles. The molecule has 0 heterocycles. The Kier molecular flexibility index (Phi) is 6.17. The molecule has 0 atom stereocenters. The maximum absolute atomic E-state index is 12.2. The fourth-order valence-electron chi connectivity index (χ4n) is 2.06. The summed E-state index contributed by atoms with van der Waals surface area (Å²) in [5.41, 5.74) is 7.12. The molecule has 0 bridgehead atoms. The fraction of sp³-hybridized carbons (Fsp3) is 0.467. The molecule has 0 saturated carbocycles. The van der Waals surface area contributed by atoms with Crippen molar-refractivity contribution in [3.8, 4) is 11.5 Å². The minimum absolute atomic E-state index is 0.117.